The molecule has 2 aliphatic carbocycles. The SMILES string of the molecule is Cc1cccc2c1C1(c3ccccc3-2)c2ccccc2-c2ccc3oc4ccccc4c3c21. The first-order valence-electron chi connectivity index (χ1n) is 11.5. The van der Waals surface area contributed by atoms with Crippen molar-refractivity contribution in [2.75, 3.05) is 0 Å². The van der Waals surface area contributed by atoms with Crippen LogP contribution in [0.25, 0.3) is 44.2 Å². The molecule has 0 saturated heterocycles. The van der Waals surface area contributed by atoms with Crippen LogP contribution in [0.5, 0.6) is 0 Å². The molecule has 5 aromatic carbocycles. The van der Waals surface area contributed by atoms with Crippen molar-refractivity contribution in [1.29, 1.82) is 0 Å². The van der Waals surface area contributed by atoms with Crippen molar-refractivity contribution < 1.29 is 4.42 Å². The molecule has 1 aromatic heterocycles. The first-order valence-corrected chi connectivity index (χ1v) is 11.5. The molecular weight excluding hydrogens is 400 g/mol. The zero-order valence-electron chi connectivity index (χ0n) is 18.2. The topological polar surface area (TPSA) is 13.1 Å². The Balaban J connectivity index is 1.70. The van der Waals surface area contributed by atoms with Gasteiger partial charge in [0.1, 0.15) is 11.2 Å². The molecule has 1 nitrogen and oxygen atoms in total. The molecule has 1 unspecified atom stereocenters. The second-order valence-electron chi connectivity index (χ2n) is 9.30. The number of rotatable bonds is 0. The Bertz CT molecular complexity index is 1770. The van der Waals surface area contributed by atoms with E-state index in [1.165, 1.54) is 60.8 Å². The fourth-order valence-electron chi connectivity index (χ4n) is 6.72. The number of furan rings is 1. The molecule has 154 valence electrons. The fraction of sp³-hybridized carbons (Fsp3) is 0.0625. The zero-order chi connectivity index (χ0) is 21.7. The van der Waals surface area contributed by atoms with Crippen LogP contribution in [0.4, 0.5) is 0 Å². The Morgan fingerprint density at radius 1 is 0.515 bits per heavy atom. The summed E-state index contributed by atoms with van der Waals surface area (Å²) in [4.78, 5) is 0. The average molecular weight is 421 g/mol. The van der Waals surface area contributed by atoms with Gasteiger partial charge in [-0.25, -0.2) is 0 Å². The highest BCUT2D eigenvalue weighted by molar-refractivity contribution is 6.13. The molecule has 2 aliphatic rings. The summed E-state index contributed by atoms with van der Waals surface area (Å²) < 4.78 is 6.39. The maximum atomic E-state index is 6.39. The van der Waals surface area contributed by atoms with Crippen LogP contribution in [0, 0.1) is 6.92 Å². The summed E-state index contributed by atoms with van der Waals surface area (Å²) in [6.07, 6.45) is 0. The highest BCUT2D eigenvalue weighted by Gasteiger charge is 2.53. The molecule has 0 fully saturated rings. The summed E-state index contributed by atoms with van der Waals surface area (Å²) in [6.45, 7) is 2.26. The highest BCUT2D eigenvalue weighted by Crippen LogP contribution is 2.65. The molecule has 1 spiro atoms. The molecule has 1 heteroatoms. The predicted octanol–water partition coefficient (Wildman–Crippen LogP) is 8.24. The largest absolute Gasteiger partial charge is 0.456 e. The molecule has 8 rings (SSSR count). The third kappa shape index (κ3) is 1.88. The van der Waals surface area contributed by atoms with Crippen molar-refractivity contribution in [3.63, 3.8) is 0 Å². The molecule has 0 saturated carbocycles. The maximum absolute atomic E-state index is 6.39. The zero-order valence-corrected chi connectivity index (χ0v) is 18.2. The fourth-order valence-corrected chi connectivity index (χ4v) is 6.72. The predicted molar refractivity (Wildman–Crippen MR) is 135 cm³/mol. The third-order valence-corrected chi connectivity index (χ3v) is 7.81. The molecule has 1 atom stereocenters. The van der Waals surface area contributed by atoms with Gasteiger partial charge in [0.25, 0.3) is 0 Å². The van der Waals surface area contributed by atoms with Gasteiger partial charge in [0.15, 0.2) is 0 Å². The van der Waals surface area contributed by atoms with Crippen LogP contribution in [0.3, 0.4) is 0 Å². The first kappa shape index (κ1) is 17.5. The number of para-hydroxylation sites is 1. The van der Waals surface area contributed by atoms with E-state index in [1.54, 1.807) is 0 Å². The maximum Gasteiger partial charge on any atom is 0.135 e. The van der Waals surface area contributed by atoms with Crippen LogP contribution in [0.2, 0.25) is 0 Å². The number of hydrogen-bond acceptors (Lipinski definition) is 1. The molecule has 0 radical (unpaired) electrons. The van der Waals surface area contributed by atoms with Gasteiger partial charge in [-0.1, -0.05) is 91.0 Å². The van der Waals surface area contributed by atoms with Gasteiger partial charge >= 0.3 is 0 Å². The van der Waals surface area contributed by atoms with Gasteiger partial charge < -0.3 is 4.42 Å². The van der Waals surface area contributed by atoms with E-state index < -0.39 is 0 Å². The summed E-state index contributed by atoms with van der Waals surface area (Å²) in [5.41, 5.74) is 13.7. The quantitative estimate of drug-likeness (QED) is 0.241. The lowest BCUT2D eigenvalue weighted by atomic mass is 9.68. The van der Waals surface area contributed by atoms with E-state index in [-0.39, 0.29) is 5.41 Å². The summed E-state index contributed by atoms with van der Waals surface area (Å²) in [5, 5.41) is 2.43. The monoisotopic (exact) mass is 420 g/mol. The molecular formula is C32H20O. The Kier molecular flexibility index (Phi) is 3.08. The molecule has 0 amide bonds. The normalized spacial score (nSPS) is 17.4. The summed E-state index contributed by atoms with van der Waals surface area (Å²) in [6, 6.07) is 37.6. The Hall–Kier alpha value is -4.10. The minimum absolute atomic E-state index is 0.352. The Morgan fingerprint density at radius 2 is 1.15 bits per heavy atom. The third-order valence-electron chi connectivity index (χ3n) is 7.81. The van der Waals surface area contributed by atoms with Crippen molar-refractivity contribution >= 4 is 21.9 Å². The molecule has 0 bridgehead atoms. The Labute approximate surface area is 191 Å². The van der Waals surface area contributed by atoms with Crippen LogP contribution in [0.1, 0.15) is 27.8 Å². The van der Waals surface area contributed by atoms with E-state index in [0.29, 0.717) is 0 Å². The first-order chi connectivity index (χ1) is 16.3. The smallest absolute Gasteiger partial charge is 0.135 e. The number of aryl methyl sites for hydroxylation is 1. The summed E-state index contributed by atoms with van der Waals surface area (Å²) >= 11 is 0. The van der Waals surface area contributed by atoms with Crippen LogP contribution < -0.4 is 0 Å². The summed E-state index contributed by atoms with van der Waals surface area (Å²) in [7, 11) is 0. The summed E-state index contributed by atoms with van der Waals surface area (Å²) in [5.74, 6) is 0. The van der Waals surface area contributed by atoms with Gasteiger partial charge in [-0.2, -0.15) is 0 Å². The van der Waals surface area contributed by atoms with Crippen molar-refractivity contribution in [2.45, 2.75) is 12.3 Å². The van der Waals surface area contributed by atoms with Gasteiger partial charge in [0.2, 0.25) is 0 Å². The average Bonchev–Trinajstić information content (AvgIpc) is 3.48. The molecule has 1 heterocycles. The lowest BCUT2D eigenvalue weighted by Gasteiger charge is -2.32. The van der Waals surface area contributed by atoms with Crippen molar-refractivity contribution in [3.05, 3.63) is 131 Å². The van der Waals surface area contributed by atoms with Crippen molar-refractivity contribution in [1.82, 2.24) is 0 Å². The Morgan fingerprint density at radius 3 is 1.94 bits per heavy atom. The van der Waals surface area contributed by atoms with E-state index in [9.17, 15) is 0 Å². The van der Waals surface area contributed by atoms with Gasteiger partial charge in [-0.15, -0.1) is 0 Å². The van der Waals surface area contributed by atoms with Crippen LogP contribution in [-0.2, 0) is 5.41 Å². The standard InChI is InChI=1S/C32H20O/c1-19-9-8-13-22-20-10-2-5-14-25(20)32(30(19)22)26-15-6-3-11-21(26)23-17-18-28-29(31(23)32)24-12-4-7-16-27(24)33-28/h2-18H,1H3. The lowest BCUT2D eigenvalue weighted by Crippen LogP contribution is -2.27. The number of hydrogen-bond donors (Lipinski definition) is 0. The number of benzene rings is 5. The second-order valence-corrected chi connectivity index (χ2v) is 9.30. The number of fused-ring (bicyclic) bond motifs is 14. The molecule has 0 aliphatic heterocycles. The van der Waals surface area contributed by atoms with E-state index >= 15 is 0 Å². The van der Waals surface area contributed by atoms with E-state index in [4.69, 9.17) is 4.42 Å². The minimum atomic E-state index is -0.352. The van der Waals surface area contributed by atoms with Crippen molar-refractivity contribution in [3.8, 4) is 22.3 Å². The lowest BCUT2D eigenvalue weighted by molar-refractivity contribution is 0.668. The van der Waals surface area contributed by atoms with Crippen LogP contribution in [-0.4, -0.2) is 0 Å². The van der Waals surface area contributed by atoms with E-state index in [0.717, 1.165) is 11.2 Å². The van der Waals surface area contributed by atoms with Gasteiger partial charge in [-0.3, -0.25) is 0 Å². The molecule has 0 N–H and O–H groups in total. The van der Waals surface area contributed by atoms with Gasteiger partial charge in [-0.05, 0) is 69.1 Å². The van der Waals surface area contributed by atoms with Crippen molar-refractivity contribution in [2.24, 2.45) is 0 Å². The molecule has 33 heavy (non-hydrogen) atoms. The van der Waals surface area contributed by atoms with Crippen LogP contribution in [0.15, 0.2) is 108 Å². The van der Waals surface area contributed by atoms with Gasteiger partial charge in [0, 0.05) is 10.8 Å². The second kappa shape index (κ2) is 5.82. The highest BCUT2D eigenvalue weighted by atomic mass is 16.3. The molecule has 6 aromatic rings. The minimum Gasteiger partial charge on any atom is -0.456 e. The van der Waals surface area contributed by atoms with Crippen LogP contribution >= 0.6 is 0 Å². The van der Waals surface area contributed by atoms with E-state index in [1.807, 2.05) is 0 Å². The van der Waals surface area contributed by atoms with E-state index in [2.05, 4.69) is 110 Å². The van der Waals surface area contributed by atoms with Gasteiger partial charge in [0.05, 0.1) is 5.41 Å².